The van der Waals surface area contributed by atoms with Gasteiger partial charge < -0.3 is 14.8 Å². The third-order valence-corrected chi connectivity index (χ3v) is 5.02. The monoisotopic (exact) mass is 425 g/mol. The number of rotatable bonds is 4. The molecule has 9 nitrogen and oxygen atoms in total. The van der Waals surface area contributed by atoms with Gasteiger partial charge in [-0.3, -0.25) is 19.4 Å². The van der Waals surface area contributed by atoms with Crippen molar-refractivity contribution in [2.75, 3.05) is 31.1 Å². The Morgan fingerprint density at radius 3 is 2.45 bits per heavy atom. The number of alkyl carbamates (subject to hydrolysis) is 1. The molecule has 31 heavy (non-hydrogen) atoms. The fraction of sp³-hybridized carbons (Fsp3) is 0.364. The minimum atomic E-state index is -0.644. The van der Waals surface area contributed by atoms with Crippen molar-refractivity contribution in [1.82, 2.24) is 10.2 Å². The molecule has 1 N–H and O–H groups in total. The molecule has 4 amide bonds. The minimum absolute atomic E-state index is 0.00688. The Labute approximate surface area is 178 Å². The van der Waals surface area contributed by atoms with Gasteiger partial charge in [0.1, 0.15) is 12.2 Å². The van der Waals surface area contributed by atoms with Gasteiger partial charge in [0.15, 0.2) is 0 Å². The van der Waals surface area contributed by atoms with E-state index in [2.05, 4.69) is 5.32 Å². The number of benzene rings is 2. The van der Waals surface area contributed by atoms with E-state index in [9.17, 15) is 19.2 Å². The lowest BCUT2D eigenvalue weighted by Crippen LogP contribution is -2.45. The van der Waals surface area contributed by atoms with Crippen molar-refractivity contribution < 1.29 is 28.7 Å². The van der Waals surface area contributed by atoms with E-state index >= 15 is 0 Å². The van der Waals surface area contributed by atoms with E-state index in [0.29, 0.717) is 34.1 Å². The lowest BCUT2D eigenvalue weighted by atomic mass is 9.92. The van der Waals surface area contributed by atoms with Crippen molar-refractivity contribution in [2.24, 2.45) is 0 Å². The van der Waals surface area contributed by atoms with Gasteiger partial charge in [-0.2, -0.15) is 0 Å². The molecule has 0 unspecified atom stereocenters. The van der Waals surface area contributed by atoms with Crippen LogP contribution in [0.25, 0.3) is 10.8 Å². The Kier molecular flexibility index (Phi) is 5.04. The zero-order valence-corrected chi connectivity index (χ0v) is 17.6. The average Bonchev–Trinajstić information content (AvgIpc) is 3.12. The highest BCUT2D eigenvalue weighted by Crippen LogP contribution is 2.36. The van der Waals surface area contributed by atoms with E-state index in [1.54, 1.807) is 51.1 Å². The molecule has 0 bridgehead atoms. The third-order valence-electron chi connectivity index (χ3n) is 5.02. The van der Waals surface area contributed by atoms with Crippen LogP contribution >= 0.6 is 0 Å². The van der Waals surface area contributed by atoms with Crippen molar-refractivity contribution in [3.8, 4) is 0 Å². The molecule has 0 atom stereocenters. The Balaban J connectivity index is 1.60. The summed E-state index contributed by atoms with van der Waals surface area (Å²) in [7, 11) is 0. The van der Waals surface area contributed by atoms with Crippen molar-refractivity contribution >= 4 is 40.5 Å². The molecule has 1 saturated heterocycles. The molecule has 2 aromatic rings. The number of cyclic esters (lactones) is 1. The molecular formula is C22H23N3O6. The first kappa shape index (κ1) is 20.6. The highest BCUT2D eigenvalue weighted by Gasteiger charge is 2.35. The summed E-state index contributed by atoms with van der Waals surface area (Å²) in [6.45, 7) is 6.01. The summed E-state index contributed by atoms with van der Waals surface area (Å²) in [5.41, 5.74) is 0.704. The molecule has 4 rings (SSSR count). The lowest BCUT2D eigenvalue weighted by Gasteiger charge is -2.28. The molecule has 2 aromatic carbocycles. The van der Waals surface area contributed by atoms with E-state index in [1.807, 2.05) is 0 Å². The Bertz CT molecular complexity index is 1080. The Hall–Kier alpha value is -3.62. The number of carbonyl (C=O) groups excluding carboxylic acids is 4. The summed E-state index contributed by atoms with van der Waals surface area (Å²) in [4.78, 5) is 52.6. The van der Waals surface area contributed by atoms with Gasteiger partial charge in [-0.1, -0.05) is 12.1 Å². The summed E-state index contributed by atoms with van der Waals surface area (Å²) in [5, 5.41) is 3.72. The number of nitrogens with zero attached hydrogens (tertiary/aromatic N) is 2. The number of carbonyl (C=O) groups is 4. The van der Waals surface area contributed by atoms with Crippen LogP contribution in [0.1, 0.15) is 41.5 Å². The summed E-state index contributed by atoms with van der Waals surface area (Å²) in [6.07, 6.45) is -1.07. The van der Waals surface area contributed by atoms with E-state index < -0.39 is 29.6 Å². The van der Waals surface area contributed by atoms with Gasteiger partial charge in [0, 0.05) is 35.0 Å². The van der Waals surface area contributed by atoms with Gasteiger partial charge in [0.25, 0.3) is 11.8 Å². The molecule has 9 heteroatoms. The smallest absolute Gasteiger partial charge is 0.414 e. The predicted molar refractivity (Wildman–Crippen MR) is 112 cm³/mol. The van der Waals surface area contributed by atoms with Crippen LogP contribution in [0.15, 0.2) is 30.3 Å². The molecule has 162 valence electrons. The van der Waals surface area contributed by atoms with E-state index in [4.69, 9.17) is 9.47 Å². The summed E-state index contributed by atoms with van der Waals surface area (Å²) in [6, 6.07) is 8.47. The minimum Gasteiger partial charge on any atom is -0.447 e. The standard InChI is InChI=1S/C22H23N3O6/c1-22(2,3)31-20(28)23-9-10-25-18(26)14-6-4-5-13-16(24-11-12-30-21(24)29)8-7-15(17(13)14)19(25)27/h4-8H,9-12H2,1-3H3,(H,23,28). The van der Waals surface area contributed by atoms with Crippen molar-refractivity contribution in [1.29, 1.82) is 0 Å². The van der Waals surface area contributed by atoms with Gasteiger partial charge in [0.2, 0.25) is 0 Å². The molecule has 2 aliphatic rings. The van der Waals surface area contributed by atoms with Crippen LogP contribution in [0.5, 0.6) is 0 Å². The van der Waals surface area contributed by atoms with Gasteiger partial charge in [0.05, 0.1) is 12.2 Å². The van der Waals surface area contributed by atoms with Crippen LogP contribution in [0.4, 0.5) is 15.3 Å². The van der Waals surface area contributed by atoms with E-state index in [0.717, 1.165) is 4.90 Å². The fourth-order valence-electron chi connectivity index (χ4n) is 3.77. The van der Waals surface area contributed by atoms with Gasteiger partial charge in [-0.05, 0) is 39.0 Å². The first-order chi connectivity index (χ1) is 14.7. The van der Waals surface area contributed by atoms with Gasteiger partial charge >= 0.3 is 12.2 Å². The number of hydrogen-bond donors (Lipinski definition) is 1. The molecule has 1 fully saturated rings. The maximum absolute atomic E-state index is 13.1. The van der Waals surface area contributed by atoms with E-state index in [1.165, 1.54) is 4.90 Å². The number of hydrogen-bond acceptors (Lipinski definition) is 6. The van der Waals surface area contributed by atoms with Crippen LogP contribution in [0.3, 0.4) is 0 Å². The van der Waals surface area contributed by atoms with Crippen molar-refractivity contribution in [3.05, 3.63) is 41.5 Å². The zero-order chi connectivity index (χ0) is 22.3. The maximum Gasteiger partial charge on any atom is 0.414 e. The molecule has 0 spiro atoms. The molecule has 2 aliphatic heterocycles. The van der Waals surface area contributed by atoms with Crippen LogP contribution in [-0.2, 0) is 9.47 Å². The Morgan fingerprint density at radius 2 is 1.81 bits per heavy atom. The fourth-order valence-corrected chi connectivity index (χ4v) is 3.77. The molecule has 0 saturated carbocycles. The van der Waals surface area contributed by atoms with Crippen LogP contribution in [0.2, 0.25) is 0 Å². The topological polar surface area (TPSA) is 105 Å². The largest absolute Gasteiger partial charge is 0.447 e. The highest BCUT2D eigenvalue weighted by atomic mass is 16.6. The third kappa shape index (κ3) is 3.78. The maximum atomic E-state index is 13.1. The number of nitrogens with one attached hydrogen (secondary N) is 1. The van der Waals surface area contributed by atoms with Gasteiger partial charge in [-0.15, -0.1) is 0 Å². The summed E-state index contributed by atoms with van der Waals surface area (Å²) >= 11 is 0. The second-order valence-electron chi connectivity index (χ2n) is 8.32. The second-order valence-corrected chi connectivity index (χ2v) is 8.32. The normalized spacial score (nSPS) is 16.0. The second kappa shape index (κ2) is 7.57. The van der Waals surface area contributed by atoms with E-state index in [-0.39, 0.29) is 19.7 Å². The van der Waals surface area contributed by atoms with Crippen LogP contribution < -0.4 is 10.2 Å². The number of imide groups is 1. The predicted octanol–water partition coefficient (Wildman–Crippen LogP) is 2.92. The van der Waals surface area contributed by atoms with Crippen molar-refractivity contribution in [3.63, 3.8) is 0 Å². The SMILES string of the molecule is CC(C)(C)OC(=O)NCCN1C(=O)c2cccc3c(N4CCOC4=O)ccc(c23)C1=O. The summed E-state index contributed by atoms with van der Waals surface area (Å²) < 4.78 is 10.2. The number of ether oxygens (including phenoxy) is 2. The Morgan fingerprint density at radius 1 is 1.10 bits per heavy atom. The molecule has 2 heterocycles. The molecule has 0 radical (unpaired) electrons. The molecular weight excluding hydrogens is 402 g/mol. The first-order valence-electron chi connectivity index (χ1n) is 10.0. The zero-order valence-electron chi connectivity index (χ0n) is 17.6. The van der Waals surface area contributed by atoms with Crippen LogP contribution in [-0.4, -0.2) is 60.7 Å². The molecule has 0 aliphatic carbocycles. The number of amides is 4. The summed E-state index contributed by atoms with van der Waals surface area (Å²) in [5.74, 6) is -0.898. The number of anilines is 1. The average molecular weight is 425 g/mol. The lowest BCUT2D eigenvalue weighted by molar-refractivity contribution is 0.0496. The van der Waals surface area contributed by atoms with Crippen LogP contribution in [0, 0.1) is 0 Å². The molecule has 0 aromatic heterocycles. The quantitative estimate of drug-likeness (QED) is 0.755. The first-order valence-corrected chi connectivity index (χ1v) is 10.0. The van der Waals surface area contributed by atoms with Gasteiger partial charge in [-0.25, -0.2) is 9.59 Å². The highest BCUT2D eigenvalue weighted by molar-refractivity contribution is 6.27. The van der Waals surface area contributed by atoms with Crippen molar-refractivity contribution in [2.45, 2.75) is 26.4 Å².